The number of hydrogen-bond donors (Lipinski definition) is 0. The van der Waals surface area contributed by atoms with E-state index in [1.54, 1.807) is 19.1 Å². The Morgan fingerprint density at radius 2 is 1.83 bits per heavy atom. The average Bonchev–Trinajstić information content (AvgIpc) is 2.78. The summed E-state index contributed by atoms with van der Waals surface area (Å²) in [5, 5.41) is 0. The van der Waals surface area contributed by atoms with Crippen molar-refractivity contribution in [3.8, 4) is 23.0 Å². The van der Waals surface area contributed by atoms with Gasteiger partial charge in [-0.2, -0.15) is 0 Å². The highest BCUT2D eigenvalue weighted by atomic mass is 19.1. The maximum Gasteiger partial charge on any atom is 0.294 e. The Kier molecular flexibility index (Phi) is 6.14. The maximum absolute atomic E-state index is 13.4. The van der Waals surface area contributed by atoms with Gasteiger partial charge in [0.15, 0.2) is 5.76 Å². The number of halogens is 1. The van der Waals surface area contributed by atoms with Crippen LogP contribution in [0.3, 0.4) is 0 Å². The van der Waals surface area contributed by atoms with Crippen LogP contribution in [0.25, 0.3) is 11.3 Å². The van der Waals surface area contributed by atoms with Crippen LogP contribution in [-0.4, -0.2) is 12.9 Å². The molecule has 6 heteroatoms. The van der Waals surface area contributed by atoms with E-state index in [0.717, 1.165) is 24.8 Å². The molecular formula is C24H23FO5. The maximum atomic E-state index is 13.4. The monoisotopic (exact) mass is 410 g/mol. The van der Waals surface area contributed by atoms with Crippen molar-refractivity contribution in [2.24, 2.45) is 0 Å². The molecular weight excluding hydrogens is 387 g/mol. The summed E-state index contributed by atoms with van der Waals surface area (Å²) in [7, 11) is 0. The smallest absolute Gasteiger partial charge is 0.294 e. The summed E-state index contributed by atoms with van der Waals surface area (Å²) >= 11 is 0. The Morgan fingerprint density at radius 3 is 2.53 bits per heavy atom. The molecule has 30 heavy (non-hydrogen) atoms. The third-order valence-corrected chi connectivity index (χ3v) is 4.96. The summed E-state index contributed by atoms with van der Waals surface area (Å²) in [4.78, 5) is 13.1. The number of hydrogen-bond acceptors (Lipinski definition) is 5. The number of ether oxygens (including phenoxy) is 3. The van der Waals surface area contributed by atoms with Gasteiger partial charge in [0, 0.05) is 12.0 Å². The zero-order valence-electron chi connectivity index (χ0n) is 16.7. The lowest BCUT2D eigenvalue weighted by molar-refractivity contribution is -0.115. The van der Waals surface area contributed by atoms with Crippen LogP contribution in [0, 0.1) is 12.7 Å². The molecule has 1 saturated heterocycles. The van der Waals surface area contributed by atoms with E-state index in [4.69, 9.17) is 18.6 Å². The summed E-state index contributed by atoms with van der Waals surface area (Å²) in [5.41, 5.74) is 1.40. The Morgan fingerprint density at radius 1 is 1.07 bits per heavy atom. The first-order chi connectivity index (χ1) is 14.6. The van der Waals surface area contributed by atoms with Gasteiger partial charge < -0.3 is 18.6 Å². The van der Waals surface area contributed by atoms with Crippen molar-refractivity contribution < 1.29 is 23.0 Å². The van der Waals surface area contributed by atoms with Gasteiger partial charge in [-0.15, -0.1) is 0 Å². The molecule has 2 heterocycles. The topological polar surface area (TPSA) is 57.9 Å². The first kappa shape index (κ1) is 20.2. The van der Waals surface area contributed by atoms with Gasteiger partial charge in [-0.25, -0.2) is 4.39 Å². The van der Waals surface area contributed by atoms with E-state index in [2.05, 4.69) is 0 Å². The van der Waals surface area contributed by atoms with Gasteiger partial charge in [0.2, 0.25) is 17.5 Å². The zero-order chi connectivity index (χ0) is 20.9. The van der Waals surface area contributed by atoms with Crippen LogP contribution in [0.1, 0.15) is 30.4 Å². The normalized spacial score (nSPS) is 16.3. The Balaban J connectivity index is 1.72. The Labute approximate surface area is 174 Å². The van der Waals surface area contributed by atoms with Crippen molar-refractivity contribution in [1.29, 1.82) is 0 Å². The van der Waals surface area contributed by atoms with Gasteiger partial charge >= 0.3 is 0 Å². The second kappa shape index (κ2) is 9.13. The van der Waals surface area contributed by atoms with E-state index in [1.165, 1.54) is 12.1 Å². The molecule has 2 aromatic carbocycles. The molecule has 3 aromatic rings. The molecule has 1 fully saturated rings. The van der Waals surface area contributed by atoms with Crippen LogP contribution in [0.4, 0.5) is 4.39 Å². The lowest BCUT2D eigenvalue weighted by Gasteiger charge is -2.23. The van der Waals surface area contributed by atoms with Crippen LogP contribution >= 0.6 is 0 Å². The van der Waals surface area contributed by atoms with E-state index in [-0.39, 0.29) is 35.3 Å². The largest absolute Gasteiger partial charge is 0.481 e. The van der Waals surface area contributed by atoms with E-state index >= 15 is 0 Å². The molecule has 156 valence electrons. The van der Waals surface area contributed by atoms with Crippen molar-refractivity contribution in [3.63, 3.8) is 0 Å². The lowest BCUT2D eigenvalue weighted by atomic mass is 10.1. The molecule has 1 atom stereocenters. The van der Waals surface area contributed by atoms with Gasteiger partial charge in [-0.05, 0) is 49.6 Å². The quantitative estimate of drug-likeness (QED) is 0.556. The number of rotatable bonds is 6. The third kappa shape index (κ3) is 4.54. The minimum atomic E-state index is -0.460. The third-order valence-electron chi connectivity index (χ3n) is 4.96. The molecule has 1 unspecified atom stereocenters. The molecule has 0 spiro atoms. The molecule has 1 aromatic heterocycles. The van der Waals surface area contributed by atoms with Crippen LogP contribution in [0.2, 0.25) is 0 Å². The van der Waals surface area contributed by atoms with E-state index < -0.39 is 6.29 Å². The molecule has 4 rings (SSSR count). The fraction of sp³-hybridized carbons (Fsp3) is 0.292. The summed E-state index contributed by atoms with van der Waals surface area (Å²) in [6.07, 6.45) is 2.23. The van der Waals surface area contributed by atoms with Gasteiger partial charge in [0.1, 0.15) is 12.4 Å². The van der Waals surface area contributed by atoms with E-state index in [1.807, 2.05) is 30.3 Å². The van der Waals surface area contributed by atoms with Gasteiger partial charge in [0.25, 0.3) is 5.95 Å². The van der Waals surface area contributed by atoms with Crippen molar-refractivity contribution in [2.75, 3.05) is 6.61 Å². The van der Waals surface area contributed by atoms with E-state index in [0.29, 0.717) is 17.7 Å². The lowest BCUT2D eigenvalue weighted by Crippen LogP contribution is -2.26. The van der Waals surface area contributed by atoms with Crippen molar-refractivity contribution in [3.05, 3.63) is 81.8 Å². The Hall–Kier alpha value is -3.12. The van der Waals surface area contributed by atoms with Gasteiger partial charge in [-0.3, -0.25) is 4.79 Å². The summed E-state index contributed by atoms with van der Waals surface area (Å²) in [6.45, 7) is 2.44. The predicted molar refractivity (Wildman–Crippen MR) is 110 cm³/mol. The molecule has 0 saturated carbocycles. The van der Waals surface area contributed by atoms with Crippen molar-refractivity contribution >= 4 is 0 Å². The fourth-order valence-corrected chi connectivity index (χ4v) is 3.27. The van der Waals surface area contributed by atoms with Gasteiger partial charge in [-0.1, -0.05) is 30.3 Å². The highest BCUT2D eigenvalue weighted by molar-refractivity contribution is 5.65. The molecule has 1 aliphatic heterocycles. The van der Waals surface area contributed by atoms with Crippen LogP contribution in [-0.2, 0) is 11.3 Å². The van der Waals surface area contributed by atoms with Crippen LogP contribution in [0.15, 0.2) is 63.8 Å². The molecule has 0 N–H and O–H groups in total. The minimum absolute atomic E-state index is 0.0693. The summed E-state index contributed by atoms with van der Waals surface area (Å²) < 4.78 is 36.8. The molecule has 0 radical (unpaired) electrons. The van der Waals surface area contributed by atoms with Crippen molar-refractivity contribution in [1.82, 2.24) is 0 Å². The highest BCUT2D eigenvalue weighted by Crippen LogP contribution is 2.34. The zero-order valence-corrected chi connectivity index (χ0v) is 16.7. The van der Waals surface area contributed by atoms with Gasteiger partial charge in [0.05, 0.1) is 12.2 Å². The molecule has 0 aliphatic carbocycles. The average molecular weight is 410 g/mol. The van der Waals surface area contributed by atoms with Crippen LogP contribution < -0.4 is 14.9 Å². The SMILES string of the molecule is Cc1c(OC2CCCCO2)oc(-c2ccc(F)cc2)c(OCc2ccccc2)c1=O. The minimum Gasteiger partial charge on any atom is -0.481 e. The first-order valence-corrected chi connectivity index (χ1v) is 10.0. The fourth-order valence-electron chi connectivity index (χ4n) is 3.27. The Bertz CT molecular complexity index is 1040. The molecule has 1 aliphatic rings. The highest BCUT2D eigenvalue weighted by Gasteiger charge is 2.24. The van der Waals surface area contributed by atoms with Crippen LogP contribution in [0.5, 0.6) is 11.7 Å². The summed E-state index contributed by atoms with van der Waals surface area (Å²) in [5.74, 6) is -0.0162. The van der Waals surface area contributed by atoms with Crippen molar-refractivity contribution in [2.45, 2.75) is 39.1 Å². The number of benzene rings is 2. The standard InChI is InChI=1S/C24H23FO5/c1-16-21(26)23(28-15-17-7-3-2-4-8-17)22(18-10-12-19(25)13-11-18)30-24(16)29-20-9-5-6-14-27-20/h2-4,7-8,10-13,20H,5-6,9,14-15H2,1H3. The second-order valence-corrected chi connectivity index (χ2v) is 7.20. The molecule has 5 nitrogen and oxygen atoms in total. The predicted octanol–water partition coefficient (Wildman–Crippen LogP) is 5.24. The van der Waals surface area contributed by atoms with E-state index in [9.17, 15) is 9.18 Å². The molecule has 0 amide bonds. The first-order valence-electron chi connectivity index (χ1n) is 10.0. The summed E-state index contributed by atoms with van der Waals surface area (Å²) in [6, 6.07) is 15.2. The molecule has 0 bridgehead atoms. The second-order valence-electron chi connectivity index (χ2n) is 7.20.